The van der Waals surface area contributed by atoms with Gasteiger partial charge in [-0.2, -0.15) is 0 Å². The molecule has 14 heavy (non-hydrogen) atoms. The number of rotatable bonds is 1. The zero-order valence-corrected chi connectivity index (χ0v) is 8.46. The van der Waals surface area contributed by atoms with Crippen LogP contribution in [0.1, 0.15) is 31.2 Å². The normalized spacial score (nSPS) is 27.6. The lowest BCUT2D eigenvalue weighted by Gasteiger charge is -2.27. The lowest BCUT2D eigenvalue weighted by Crippen LogP contribution is -2.35. The first-order valence-electron chi connectivity index (χ1n) is 5.24. The second kappa shape index (κ2) is 4.09. The number of hydrogen-bond acceptors (Lipinski definition) is 1. The van der Waals surface area contributed by atoms with E-state index in [2.05, 4.69) is 12.2 Å². The van der Waals surface area contributed by atoms with Crippen LogP contribution in [-0.2, 0) is 0 Å². The third-order valence-electron chi connectivity index (χ3n) is 3.00. The first-order valence-corrected chi connectivity index (χ1v) is 5.24. The van der Waals surface area contributed by atoms with Crippen LogP contribution in [0.15, 0.2) is 24.3 Å². The molecule has 0 bridgehead atoms. The van der Waals surface area contributed by atoms with Crippen LogP contribution in [0.3, 0.4) is 0 Å². The molecule has 2 heteroatoms. The maximum absolute atomic E-state index is 12.7. The van der Waals surface area contributed by atoms with E-state index in [0.29, 0.717) is 12.0 Å². The Kier molecular flexibility index (Phi) is 2.82. The molecular weight excluding hydrogens is 177 g/mol. The van der Waals surface area contributed by atoms with Crippen LogP contribution in [0.2, 0.25) is 0 Å². The summed E-state index contributed by atoms with van der Waals surface area (Å²) >= 11 is 0. The van der Waals surface area contributed by atoms with Crippen LogP contribution in [0.25, 0.3) is 0 Å². The zero-order chi connectivity index (χ0) is 9.97. The number of halogens is 1. The molecule has 1 aliphatic rings. The molecule has 1 aromatic carbocycles. The molecule has 2 atom stereocenters. The summed E-state index contributed by atoms with van der Waals surface area (Å²) < 4.78 is 12.7. The van der Waals surface area contributed by atoms with E-state index in [1.54, 1.807) is 12.1 Å². The van der Waals surface area contributed by atoms with Crippen molar-refractivity contribution in [1.29, 1.82) is 0 Å². The van der Waals surface area contributed by atoms with E-state index in [0.717, 1.165) is 6.54 Å². The molecule has 0 saturated carbocycles. The van der Waals surface area contributed by atoms with Crippen LogP contribution < -0.4 is 5.32 Å². The highest BCUT2D eigenvalue weighted by Crippen LogP contribution is 2.24. The van der Waals surface area contributed by atoms with Gasteiger partial charge in [0.05, 0.1) is 0 Å². The fraction of sp³-hybridized carbons (Fsp3) is 0.500. The number of piperidine rings is 1. The molecule has 1 aromatic rings. The molecule has 1 saturated heterocycles. The lowest BCUT2D eigenvalue weighted by molar-refractivity contribution is 0.385. The summed E-state index contributed by atoms with van der Waals surface area (Å²) in [5.41, 5.74) is 1.26. The summed E-state index contributed by atoms with van der Waals surface area (Å²) in [6.07, 6.45) is 2.42. The zero-order valence-electron chi connectivity index (χ0n) is 8.46. The number of nitrogens with one attached hydrogen (secondary N) is 1. The molecule has 1 heterocycles. The molecule has 1 fully saturated rings. The Morgan fingerprint density at radius 3 is 2.50 bits per heavy atom. The van der Waals surface area contributed by atoms with Crippen LogP contribution >= 0.6 is 0 Å². The molecule has 1 nitrogen and oxygen atoms in total. The molecule has 0 radical (unpaired) electrons. The van der Waals surface area contributed by atoms with Gasteiger partial charge in [-0.15, -0.1) is 0 Å². The van der Waals surface area contributed by atoms with Crippen molar-refractivity contribution < 1.29 is 4.39 Å². The lowest BCUT2D eigenvalue weighted by atomic mass is 9.89. The van der Waals surface area contributed by atoms with Gasteiger partial charge < -0.3 is 5.32 Å². The van der Waals surface area contributed by atoms with Gasteiger partial charge in [0.15, 0.2) is 0 Å². The second-order valence-corrected chi connectivity index (χ2v) is 4.14. The smallest absolute Gasteiger partial charge is 0.123 e. The van der Waals surface area contributed by atoms with Crippen molar-refractivity contribution in [1.82, 2.24) is 5.32 Å². The summed E-state index contributed by atoms with van der Waals surface area (Å²) in [4.78, 5) is 0. The molecule has 1 N–H and O–H groups in total. The molecule has 0 aliphatic carbocycles. The third-order valence-corrected chi connectivity index (χ3v) is 3.00. The van der Waals surface area contributed by atoms with Gasteiger partial charge >= 0.3 is 0 Å². The van der Waals surface area contributed by atoms with E-state index in [4.69, 9.17) is 0 Å². The van der Waals surface area contributed by atoms with Crippen molar-refractivity contribution in [3.63, 3.8) is 0 Å². The maximum atomic E-state index is 12.7. The summed E-state index contributed by atoms with van der Waals surface area (Å²) in [5, 5.41) is 3.45. The predicted octanol–water partition coefficient (Wildman–Crippen LogP) is 2.68. The van der Waals surface area contributed by atoms with Crippen molar-refractivity contribution in [2.24, 2.45) is 0 Å². The van der Waals surface area contributed by atoms with Crippen LogP contribution in [-0.4, -0.2) is 12.6 Å². The van der Waals surface area contributed by atoms with Crippen molar-refractivity contribution in [2.45, 2.75) is 31.7 Å². The number of hydrogen-bond donors (Lipinski definition) is 1. The molecule has 2 rings (SSSR count). The summed E-state index contributed by atoms with van der Waals surface area (Å²) in [5.74, 6) is 0.415. The highest BCUT2D eigenvalue weighted by Gasteiger charge is 2.18. The standard InChI is InChI=1S/C12H16FN/c1-9-2-3-11(8-14-9)10-4-6-12(13)7-5-10/h4-7,9,11,14H,2-3,8H2,1H3. The monoisotopic (exact) mass is 193 g/mol. The topological polar surface area (TPSA) is 12.0 Å². The highest BCUT2D eigenvalue weighted by atomic mass is 19.1. The average Bonchev–Trinajstić information content (AvgIpc) is 2.21. The van der Waals surface area contributed by atoms with E-state index in [9.17, 15) is 4.39 Å². The minimum atomic E-state index is -0.147. The van der Waals surface area contributed by atoms with E-state index in [-0.39, 0.29) is 5.82 Å². The van der Waals surface area contributed by atoms with Crippen molar-refractivity contribution in [3.8, 4) is 0 Å². The molecular formula is C12H16FN. The van der Waals surface area contributed by atoms with Crippen molar-refractivity contribution >= 4 is 0 Å². The summed E-state index contributed by atoms with van der Waals surface area (Å²) in [6.45, 7) is 3.23. The van der Waals surface area contributed by atoms with Gasteiger partial charge in [0, 0.05) is 12.6 Å². The average molecular weight is 193 g/mol. The van der Waals surface area contributed by atoms with Crippen LogP contribution in [0, 0.1) is 5.82 Å². The van der Waals surface area contributed by atoms with E-state index >= 15 is 0 Å². The summed E-state index contributed by atoms with van der Waals surface area (Å²) in [6, 6.07) is 7.53. The Balaban J connectivity index is 2.05. The first-order chi connectivity index (χ1) is 6.75. The third kappa shape index (κ3) is 2.13. The minimum absolute atomic E-state index is 0.147. The van der Waals surface area contributed by atoms with Crippen LogP contribution in [0.4, 0.5) is 4.39 Å². The van der Waals surface area contributed by atoms with Crippen LogP contribution in [0.5, 0.6) is 0 Å². The first kappa shape index (κ1) is 9.66. The Labute approximate surface area is 84.3 Å². The largest absolute Gasteiger partial charge is 0.314 e. The van der Waals surface area contributed by atoms with Gasteiger partial charge in [0.2, 0.25) is 0 Å². The van der Waals surface area contributed by atoms with Gasteiger partial charge in [0.25, 0.3) is 0 Å². The fourth-order valence-corrected chi connectivity index (χ4v) is 2.02. The molecule has 2 unspecified atom stereocenters. The Bertz CT molecular complexity index is 286. The van der Waals surface area contributed by atoms with Gasteiger partial charge in [-0.1, -0.05) is 12.1 Å². The molecule has 1 aliphatic heterocycles. The number of benzene rings is 1. The quantitative estimate of drug-likeness (QED) is 0.723. The van der Waals surface area contributed by atoms with Crippen molar-refractivity contribution in [3.05, 3.63) is 35.6 Å². The minimum Gasteiger partial charge on any atom is -0.314 e. The molecule has 76 valence electrons. The van der Waals surface area contributed by atoms with E-state index < -0.39 is 0 Å². The molecule has 0 amide bonds. The Morgan fingerprint density at radius 1 is 1.21 bits per heavy atom. The maximum Gasteiger partial charge on any atom is 0.123 e. The van der Waals surface area contributed by atoms with Gasteiger partial charge in [0.1, 0.15) is 5.82 Å². The van der Waals surface area contributed by atoms with Gasteiger partial charge in [-0.3, -0.25) is 0 Å². The Morgan fingerprint density at radius 2 is 1.93 bits per heavy atom. The van der Waals surface area contributed by atoms with Gasteiger partial charge in [-0.05, 0) is 43.4 Å². The van der Waals surface area contributed by atoms with E-state index in [1.165, 1.54) is 18.4 Å². The fourth-order valence-electron chi connectivity index (χ4n) is 2.02. The van der Waals surface area contributed by atoms with E-state index in [1.807, 2.05) is 12.1 Å². The SMILES string of the molecule is CC1CCC(c2ccc(F)cc2)CN1. The van der Waals surface area contributed by atoms with Gasteiger partial charge in [-0.25, -0.2) is 4.39 Å². The predicted molar refractivity (Wildman–Crippen MR) is 55.8 cm³/mol. The Hall–Kier alpha value is -0.890. The molecule has 0 spiro atoms. The second-order valence-electron chi connectivity index (χ2n) is 4.14. The summed E-state index contributed by atoms with van der Waals surface area (Å²) in [7, 11) is 0. The van der Waals surface area contributed by atoms with Crippen molar-refractivity contribution in [2.75, 3.05) is 6.54 Å². The molecule has 0 aromatic heterocycles. The highest BCUT2D eigenvalue weighted by molar-refractivity contribution is 5.21.